The van der Waals surface area contributed by atoms with E-state index in [9.17, 15) is 14.9 Å². The third-order valence-electron chi connectivity index (χ3n) is 4.02. The number of primary amides is 1. The van der Waals surface area contributed by atoms with Crippen LogP contribution in [-0.2, 0) is 22.5 Å². The third-order valence-corrected chi connectivity index (χ3v) is 4.02. The molecule has 1 amide bonds. The van der Waals surface area contributed by atoms with Crippen molar-refractivity contribution < 1.29 is 23.9 Å². The summed E-state index contributed by atoms with van der Waals surface area (Å²) < 4.78 is 16.4. The van der Waals surface area contributed by atoms with Crippen molar-refractivity contribution in [1.82, 2.24) is 0 Å². The summed E-state index contributed by atoms with van der Waals surface area (Å²) in [7, 11) is 1.58. The average Bonchev–Trinajstić information content (AvgIpc) is 2.57. The van der Waals surface area contributed by atoms with E-state index in [1.165, 1.54) is 12.1 Å². The quantitative estimate of drug-likeness (QED) is 0.534. The van der Waals surface area contributed by atoms with Gasteiger partial charge in [-0.3, -0.25) is 10.1 Å². The van der Waals surface area contributed by atoms with Crippen LogP contribution in [0.1, 0.15) is 30.5 Å². The first-order valence-corrected chi connectivity index (χ1v) is 8.63. The van der Waals surface area contributed by atoms with Gasteiger partial charge in [-0.25, -0.2) is 4.79 Å². The molecule has 2 aromatic rings. The highest BCUT2D eigenvalue weighted by Gasteiger charge is 2.23. The highest BCUT2D eigenvalue weighted by Crippen LogP contribution is 2.32. The number of carbonyl (C=O) groups excluding carboxylic acids is 1. The maximum absolute atomic E-state index is 11.0. The summed E-state index contributed by atoms with van der Waals surface area (Å²) in [5.41, 5.74) is 6.74. The fourth-order valence-corrected chi connectivity index (χ4v) is 2.89. The highest BCUT2D eigenvalue weighted by atomic mass is 16.6. The molecule has 8 heteroatoms. The molecule has 2 rings (SSSR count). The number of carbonyl (C=O) groups is 1. The Hall–Kier alpha value is -3.13. The van der Waals surface area contributed by atoms with Gasteiger partial charge in [0.05, 0.1) is 11.5 Å². The minimum absolute atomic E-state index is 0.00833. The maximum atomic E-state index is 11.0. The summed E-state index contributed by atoms with van der Waals surface area (Å²) in [4.78, 5) is 21.5. The van der Waals surface area contributed by atoms with Gasteiger partial charge in [0.2, 0.25) is 0 Å². The van der Waals surface area contributed by atoms with Crippen molar-refractivity contribution in [3.8, 4) is 11.5 Å². The van der Waals surface area contributed by atoms with Gasteiger partial charge in [-0.05, 0) is 50.1 Å². The molecule has 8 nitrogen and oxygen atoms in total. The Kier molecular flexibility index (Phi) is 6.58. The summed E-state index contributed by atoms with van der Waals surface area (Å²) in [5.74, 6) is 1.10. The molecule has 0 aromatic heterocycles. The Labute approximate surface area is 163 Å². The standard InChI is InChI=1S/C20H24N2O6/c1-13-9-16(22(24)25)6-8-17(13)27-18-7-5-14(10-15(18)12-26-4)11-20(2,3)28-19(21)23/h5-10H,11-12H2,1-4H3,(H2,21,23). The first-order valence-electron chi connectivity index (χ1n) is 8.63. The lowest BCUT2D eigenvalue weighted by Gasteiger charge is -2.24. The average molecular weight is 388 g/mol. The van der Waals surface area contributed by atoms with Crippen LogP contribution in [0, 0.1) is 17.0 Å². The molecule has 28 heavy (non-hydrogen) atoms. The van der Waals surface area contributed by atoms with Crippen molar-refractivity contribution >= 4 is 11.8 Å². The van der Waals surface area contributed by atoms with Crippen LogP contribution in [0.25, 0.3) is 0 Å². The summed E-state index contributed by atoms with van der Waals surface area (Å²) in [6, 6.07) is 10.00. The Morgan fingerprint density at radius 1 is 1.18 bits per heavy atom. The summed E-state index contributed by atoms with van der Waals surface area (Å²) >= 11 is 0. The summed E-state index contributed by atoms with van der Waals surface area (Å²) in [6.45, 7) is 5.61. The smallest absolute Gasteiger partial charge is 0.405 e. The molecule has 2 aromatic carbocycles. The van der Waals surface area contributed by atoms with E-state index in [-0.39, 0.29) is 5.69 Å². The van der Waals surface area contributed by atoms with Gasteiger partial charge in [-0.15, -0.1) is 0 Å². The number of benzene rings is 2. The Bertz CT molecular complexity index is 879. The Balaban J connectivity index is 2.28. The van der Waals surface area contributed by atoms with Crippen LogP contribution in [0.4, 0.5) is 10.5 Å². The molecule has 0 saturated heterocycles. The lowest BCUT2D eigenvalue weighted by molar-refractivity contribution is -0.384. The largest absolute Gasteiger partial charge is 0.457 e. The van der Waals surface area contributed by atoms with E-state index >= 15 is 0 Å². The molecule has 0 aliphatic carbocycles. The lowest BCUT2D eigenvalue weighted by atomic mass is 9.96. The number of hydrogen-bond donors (Lipinski definition) is 1. The number of nitro benzene ring substituents is 1. The van der Waals surface area contributed by atoms with E-state index in [1.807, 2.05) is 12.1 Å². The number of hydrogen-bond acceptors (Lipinski definition) is 6. The molecular weight excluding hydrogens is 364 g/mol. The number of rotatable bonds is 8. The van der Waals surface area contributed by atoms with Crippen LogP contribution < -0.4 is 10.5 Å². The number of nitrogens with two attached hydrogens (primary N) is 1. The minimum Gasteiger partial charge on any atom is -0.457 e. The molecule has 0 radical (unpaired) electrons. The van der Waals surface area contributed by atoms with Gasteiger partial charge in [0, 0.05) is 31.2 Å². The number of nitro groups is 1. The number of nitrogens with zero attached hydrogens (tertiary/aromatic N) is 1. The van der Waals surface area contributed by atoms with Crippen molar-refractivity contribution in [2.45, 2.75) is 39.4 Å². The van der Waals surface area contributed by atoms with Gasteiger partial charge >= 0.3 is 6.09 Å². The fourth-order valence-electron chi connectivity index (χ4n) is 2.89. The second-order valence-corrected chi connectivity index (χ2v) is 7.04. The Morgan fingerprint density at radius 2 is 1.86 bits per heavy atom. The zero-order chi connectivity index (χ0) is 20.9. The normalized spacial score (nSPS) is 11.1. The second kappa shape index (κ2) is 8.71. The van der Waals surface area contributed by atoms with Crippen LogP contribution >= 0.6 is 0 Å². The third kappa shape index (κ3) is 5.68. The van der Waals surface area contributed by atoms with Crippen molar-refractivity contribution in [3.05, 3.63) is 63.2 Å². The molecule has 0 bridgehead atoms. The number of methoxy groups -OCH3 is 1. The molecule has 2 N–H and O–H groups in total. The van der Waals surface area contributed by atoms with Crippen LogP contribution in [0.5, 0.6) is 11.5 Å². The van der Waals surface area contributed by atoms with E-state index in [0.717, 1.165) is 11.1 Å². The van der Waals surface area contributed by atoms with Gasteiger partial charge in [-0.2, -0.15) is 0 Å². The van der Waals surface area contributed by atoms with Gasteiger partial charge in [0.25, 0.3) is 5.69 Å². The monoisotopic (exact) mass is 388 g/mol. The molecule has 0 atom stereocenters. The van der Waals surface area contributed by atoms with Crippen LogP contribution in [0.15, 0.2) is 36.4 Å². The van der Waals surface area contributed by atoms with Crippen molar-refractivity contribution in [3.63, 3.8) is 0 Å². The molecule has 0 heterocycles. The number of aryl methyl sites for hydroxylation is 1. The van der Waals surface area contributed by atoms with Gasteiger partial charge < -0.3 is 19.9 Å². The number of amides is 1. The summed E-state index contributed by atoms with van der Waals surface area (Å²) in [6.07, 6.45) is -0.362. The molecule has 0 fully saturated rings. The molecule has 0 unspecified atom stereocenters. The van der Waals surface area contributed by atoms with Gasteiger partial charge in [-0.1, -0.05) is 6.07 Å². The van der Waals surface area contributed by atoms with Gasteiger partial charge in [0.15, 0.2) is 0 Å². The Morgan fingerprint density at radius 3 is 2.43 bits per heavy atom. The molecule has 150 valence electrons. The predicted octanol–water partition coefficient (Wildman–Crippen LogP) is 4.26. The van der Waals surface area contributed by atoms with E-state index in [4.69, 9.17) is 19.9 Å². The fraction of sp³-hybridized carbons (Fsp3) is 0.350. The molecule has 0 saturated carbocycles. The topological polar surface area (TPSA) is 114 Å². The molecule has 0 aliphatic heterocycles. The first-order chi connectivity index (χ1) is 13.1. The van der Waals surface area contributed by atoms with E-state index in [1.54, 1.807) is 40.0 Å². The van der Waals surface area contributed by atoms with Crippen LogP contribution in [-0.4, -0.2) is 23.7 Å². The van der Waals surface area contributed by atoms with Crippen molar-refractivity contribution in [1.29, 1.82) is 0 Å². The van der Waals surface area contributed by atoms with E-state index < -0.39 is 16.6 Å². The molecular formula is C20H24N2O6. The van der Waals surface area contributed by atoms with Crippen LogP contribution in [0.2, 0.25) is 0 Å². The van der Waals surface area contributed by atoms with E-state index in [0.29, 0.717) is 30.1 Å². The van der Waals surface area contributed by atoms with Crippen molar-refractivity contribution in [2.24, 2.45) is 5.73 Å². The second-order valence-electron chi connectivity index (χ2n) is 7.04. The van der Waals surface area contributed by atoms with Crippen molar-refractivity contribution in [2.75, 3.05) is 7.11 Å². The maximum Gasteiger partial charge on any atom is 0.405 e. The zero-order valence-corrected chi connectivity index (χ0v) is 16.4. The SMILES string of the molecule is COCc1cc(CC(C)(C)OC(N)=O)ccc1Oc1ccc([N+](=O)[O-])cc1C. The molecule has 0 aliphatic rings. The van der Waals surface area contributed by atoms with E-state index in [2.05, 4.69) is 0 Å². The number of non-ortho nitro benzene ring substituents is 1. The first kappa shape index (κ1) is 21.2. The molecule has 0 spiro atoms. The predicted molar refractivity (Wildman–Crippen MR) is 104 cm³/mol. The van der Waals surface area contributed by atoms with Crippen LogP contribution in [0.3, 0.4) is 0 Å². The van der Waals surface area contributed by atoms with Gasteiger partial charge in [0.1, 0.15) is 17.1 Å². The highest BCUT2D eigenvalue weighted by molar-refractivity contribution is 5.65. The zero-order valence-electron chi connectivity index (χ0n) is 16.4. The lowest BCUT2D eigenvalue weighted by Crippen LogP contribution is -2.33. The number of ether oxygens (including phenoxy) is 3. The minimum atomic E-state index is -0.823. The summed E-state index contributed by atoms with van der Waals surface area (Å²) in [5, 5.41) is 10.9.